The molecule has 19 heavy (non-hydrogen) atoms. The van der Waals surface area contributed by atoms with Crippen molar-refractivity contribution < 1.29 is 9.59 Å². The molecule has 1 fully saturated rings. The topological polar surface area (TPSA) is 61.4 Å². The van der Waals surface area contributed by atoms with Crippen molar-refractivity contribution in [3.05, 3.63) is 0 Å². The van der Waals surface area contributed by atoms with Crippen molar-refractivity contribution in [1.29, 1.82) is 0 Å². The molecular weight excluding hydrogens is 266 g/mol. The van der Waals surface area contributed by atoms with Gasteiger partial charge in [0.15, 0.2) is 0 Å². The summed E-state index contributed by atoms with van der Waals surface area (Å²) in [6, 6.07) is 0.231. The van der Waals surface area contributed by atoms with Gasteiger partial charge >= 0.3 is 0 Å². The number of nitrogens with zero attached hydrogens (tertiary/aromatic N) is 1. The van der Waals surface area contributed by atoms with Crippen LogP contribution in [0.15, 0.2) is 0 Å². The minimum absolute atomic E-state index is 0. The predicted octanol–water partition coefficient (Wildman–Crippen LogP) is 0.925. The molecule has 6 heteroatoms. The largest absolute Gasteiger partial charge is 0.352 e. The maximum Gasteiger partial charge on any atom is 0.223 e. The van der Waals surface area contributed by atoms with Crippen LogP contribution in [0.2, 0.25) is 0 Å². The first-order valence-corrected chi connectivity index (χ1v) is 6.95. The van der Waals surface area contributed by atoms with E-state index in [0.717, 1.165) is 25.9 Å². The molecule has 1 heterocycles. The lowest BCUT2D eigenvalue weighted by atomic mass is 10.1. The molecule has 2 N–H and O–H groups in total. The zero-order valence-electron chi connectivity index (χ0n) is 11.9. The van der Waals surface area contributed by atoms with Gasteiger partial charge in [-0.25, -0.2) is 0 Å². The molecule has 1 rings (SSSR count). The van der Waals surface area contributed by atoms with E-state index in [1.807, 2.05) is 13.8 Å². The molecular formula is C13H26ClN3O2. The summed E-state index contributed by atoms with van der Waals surface area (Å²) < 4.78 is 0. The van der Waals surface area contributed by atoms with Crippen LogP contribution in [0, 0.1) is 0 Å². The van der Waals surface area contributed by atoms with Crippen molar-refractivity contribution in [2.45, 2.75) is 45.6 Å². The monoisotopic (exact) mass is 291 g/mol. The lowest BCUT2D eigenvalue weighted by Gasteiger charge is -2.24. The molecule has 1 saturated heterocycles. The van der Waals surface area contributed by atoms with E-state index in [2.05, 4.69) is 10.6 Å². The summed E-state index contributed by atoms with van der Waals surface area (Å²) in [6.07, 6.45) is 2.74. The Hall–Kier alpha value is -0.810. The van der Waals surface area contributed by atoms with E-state index in [1.165, 1.54) is 0 Å². The lowest BCUT2D eigenvalue weighted by molar-refractivity contribution is -0.133. The minimum Gasteiger partial charge on any atom is -0.352 e. The summed E-state index contributed by atoms with van der Waals surface area (Å²) in [7, 11) is 0. The molecule has 0 bridgehead atoms. The fourth-order valence-corrected chi connectivity index (χ4v) is 2.23. The highest BCUT2D eigenvalue weighted by atomic mass is 35.5. The van der Waals surface area contributed by atoms with Crippen LogP contribution < -0.4 is 10.6 Å². The van der Waals surface area contributed by atoms with Gasteiger partial charge in [-0.3, -0.25) is 9.59 Å². The highest BCUT2D eigenvalue weighted by molar-refractivity contribution is 5.85. The van der Waals surface area contributed by atoms with Gasteiger partial charge in [0.2, 0.25) is 11.8 Å². The van der Waals surface area contributed by atoms with Crippen molar-refractivity contribution in [2.24, 2.45) is 0 Å². The van der Waals surface area contributed by atoms with Gasteiger partial charge in [-0.2, -0.15) is 0 Å². The van der Waals surface area contributed by atoms with Gasteiger partial charge < -0.3 is 15.5 Å². The number of carbonyl (C=O) groups is 2. The van der Waals surface area contributed by atoms with E-state index >= 15 is 0 Å². The molecule has 2 amide bonds. The maximum absolute atomic E-state index is 11.7. The number of carbonyl (C=O) groups excluding carboxylic acids is 2. The molecule has 1 atom stereocenters. The summed E-state index contributed by atoms with van der Waals surface area (Å²) in [4.78, 5) is 25.2. The molecule has 5 nitrogen and oxygen atoms in total. The van der Waals surface area contributed by atoms with Crippen LogP contribution in [0.1, 0.15) is 39.5 Å². The SMILES string of the molecule is CCN(CC)C(=O)CCC(=O)N[C@H]1CCCNC1.Cl. The molecule has 0 radical (unpaired) electrons. The average Bonchev–Trinajstić information content (AvgIpc) is 2.39. The first-order chi connectivity index (χ1) is 8.67. The third-order valence-electron chi connectivity index (χ3n) is 3.34. The number of piperidine rings is 1. The van der Waals surface area contributed by atoms with Crippen molar-refractivity contribution in [1.82, 2.24) is 15.5 Å². The van der Waals surface area contributed by atoms with Gasteiger partial charge in [-0.1, -0.05) is 0 Å². The Labute approximate surface area is 121 Å². The smallest absolute Gasteiger partial charge is 0.223 e. The summed E-state index contributed by atoms with van der Waals surface area (Å²) >= 11 is 0. The Kier molecular flexibility index (Phi) is 9.61. The molecule has 1 aliphatic rings. The molecule has 0 spiro atoms. The molecule has 0 aromatic heterocycles. The second-order valence-corrected chi connectivity index (χ2v) is 4.68. The number of nitrogens with one attached hydrogen (secondary N) is 2. The van der Waals surface area contributed by atoms with E-state index in [0.29, 0.717) is 25.9 Å². The first-order valence-electron chi connectivity index (χ1n) is 6.95. The van der Waals surface area contributed by atoms with Crippen LogP contribution in [-0.4, -0.2) is 48.9 Å². The zero-order valence-corrected chi connectivity index (χ0v) is 12.7. The van der Waals surface area contributed by atoms with E-state index in [-0.39, 0.29) is 30.3 Å². The normalized spacial score (nSPS) is 18.3. The predicted molar refractivity (Wildman–Crippen MR) is 78.4 cm³/mol. The second kappa shape index (κ2) is 10.0. The molecule has 0 aliphatic carbocycles. The number of hydrogen-bond donors (Lipinski definition) is 2. The highest BCUT2D eigenvalue weighted by Crippen LogP contribution is 2.03. The third kappa shape index (κ3) is 6.78. The van der Waals surface area contributed by atoms with Crippen LogP contribution in [-0.2, 0) is 9.59 Å². The zero-order chi connectivity index (χ0) is 13.4. The summed E-state index contributed by atoms with van der Waals surface area (Å²) in [5.41, 5.74) is 0. The van der Waals surface area contributed by atoms with Crippen molar-refractivity contribution in [3.63, 3.8) is 0 Å². The van der Waals surface area contributed by atoms with Crippen LogP contribution in [0.3, 0.4) is 0 Å². The van der Waals surface area contributed by atoms with Crippen LogP contribution in [0.5, 0.6) is 0 Å². The number of amides is 2. The first kappa shape index (κ1) is 18.2. The van der Waals surface area contributed by atoms with Crippen LogP contribution >= 0.6 is 12.4 Å². The highest BCUT2D eigenvalue weighted by Gasteiger charge is 2.16. The van der Waals surface area contributed by atoms with Gasteiger partial charge in [-0.15, -0.1) is 12.4 Å². The Morgan fingerprint density at radius 1 is 1.26 bits per heavy atom. The Morgan fingerprint density at radius 2 is 1.95 bits per heavy atom. The molecule has 112 valence electrons. The number of rotatable bonds is 6. The van der Waals surface area contributed by atoms with E-state index in [1.54, 1.807) is 4.90 Å². The summed E-state index contributed by atoms with van der Waals surface area (Å²) in [5, 5.41) is 6.23. The Morgan fingerprint density at radius 3 is 2.47 bits per heavy atom. The average molecular weight is 292 g/mol. The van der Waals surface area contributed by atoms with Crippen LogP contribution in [0.4, 0.5) is 0 Å². The quantitative estimate of drug-likeness (QED) is 0.765. The number of halogens is 1. The van der Waals surface area contributed by atoms with Crippen molar-refractivity contribution in [2.75, 3.05) is 26.2 Å². The van der Waals surface area contributed by atoms with Crippen molar-refractivity contribution >= 4 is 24.2 Å². The molecule has 0 saturated carbocycles. The summed E-state index contributed by atoms with van der Waals surface area (Å²) in [6.45, 7) is 7.21. The van der Waals surface area contributed by atoms with E-state index in [4.69, 9.17) is 0 Å². The standard InChI is InChI=1S/C13H25N3O2.ClH/c1-3-16(4-2)13(18)8-7-12(17)15-11-6-5-9-14-10-11;/h11,14H,3-10H2,1-2H3,(H,15,17);1H/t11-;/m0./s1. The second-order valence-electron chi connectivity index (χ2n) is 4.68. The fraction of sp³-hybridized carbons (Fsp3) is 0.846. The van der Waals surface area contributed by atoms with E-state index < -0.39 is 0 Å². The Balaban J connectivity index is 0.00000324. The van der Waals surface area contributed by atoms with Crippen LogP contribution in [0.25, 0.3) is 0 Å². The van der Waals surface area contributed by atoms with Gasteiger partial charge in [0.05, 0.1) is 0 Å². The van der Waals surface area contributed by atoms with Crippen molar-refractivity contribution in [3.8, 4) is 0 Å². The maximum atomic E-state index is 11.7. The molecule has 0 aromatic carbocycles. The van der Waals surface area contributed by atoms with Gasteiger partial charge in [0.25, 0.3) is 0 Å². The minimum atomic E-state index is -0.00999. The van der Waals surface area contributed by atoms with Gasteiger partial charge in [0.1, 0.15) is 0 Å². The summed E-state index contributed by atoms with van der Waals surface area (Å²) in [5.74, 6) is 0.0566. The van der Waals surface area contributed by atoms with Gasteiger partial charge in [-0.05, 0) is 33.2 Å². The Bertz CT molecular complexity index is 277. The molecule has 1 aliphatic heterocycles. The third-order valence-corrected chi connectivity index (χ3v) is 3.34. The molecule has 0 aromatic rings. The van der Waals surface area contributed by atoms with E-state index in [9.17, 15) is 9.59 Å². The van der Waals surface area contributed by atoms with Gasteiger partial charge in [0, 0.05) is 38.5 Å². The lowest BCUT2D eigenvalue weighted by Crippen LogP contribution is -2.45. The number of hydrogen-bond acceptors (Lipinski definition) is 3. The molecule has 0 unspecified atom stereocenters. The fourth-order valence-electron chi connectivity index (χ4n) is 2.23.